The number of hydrogen-bond donors (Lipinski definition) is 1. The molecule has 0 atom stereocenters. The fraction of sp³-hybridized carbons (Fsp3) is 0.167. The fourth-order valence-corrected chi connectivity index (χ4v) is 2.11. The minimum atomic E-state index is -0.514. The van der Waals surface area contributed by atoms with Crippen molar-refractivity contribution in [1.29, 1.82) is 0 Å². The summed E-state index contributed by atoms with van der Waals surface area (Å²) in [5.41, 5.74) is 0.0563. The monoisotopic (exact) mass is 250 g/mol. The van der Waals surface area contributed by atoms with Crippen molar-refractivity contribution >= 4 is 17.2 Å². The van der Waals surface area contributed by atoms with Gasteiger partial charge >= 0.3 is 0 Å². The van der Waals surface area contributed by atoms with E-state index in [1.807, 2.05) is 6.92 Å². The first kappa shape index (κ1) is 11.7. The van der Waals surface area contributed by atoms with E-state index in [-0.39, 0.29) is 5.56 Å². The number of benzene rings is 1. The number of carbonyl (C=O) groups is 1. The number of carbonyl (C=O) groups excluding carboxylic acids is 1. The molecule has 0 spiro atoms. The average Bonchev–Trinajstić information content (AvgIpc) is 2.73. The first-order chi connectivity index (χ1) is 8.16. The largest absolute Gasteiger partial charge is 0.345 e. The summed E-state index contributed by atoms with van der Waals surface area (Å²) in [5.74, 6) is -0.934. The molecule has 0 fully saturated rings. The summed E-state index contributed by atoms with van der Waals surface area (Å²) in [6.45, 7) is 2.27. The summed E-state index contributed by atoms with van der Waals surface area (Å²) < 4.78 is 13.3. The maximum atomic E-state index is 13.3. The molecule has 0 aliphatic heterocycles. The van der Waals surface area contributed by atoms with Crippen LogP contribution in [0.2, 0.25) is 0 Å². The van der Waals surface area contributed by atoms with Gasteiger partial charge in [-0.3, -0.25) is 4.79 Å². The first-order valence-corrected chi connectivity index (χ1v) is 5.92. The Hall–Kier alpha value is -1.75. The Bertz CT molecular complexity index is 539. The molecule has 88 valence electrons. The van der Waals surface area contributed by atoms with Gasteiger partial charge in [-0.25, -0.2) is 9.37 Å². The van der Waals surface area contributed by atoms with Crippen LogP contribution in [0, 0.1) is 12.7 Å². The lowest BCUT2D eigenvalue weighted by Gasteiger charge is -2.03. The molecule has 1 aromatic carbocycles. The van der Waals surface area contributed by atoms with Crippen LogP contribution < -0.4 is 5.32 Å². The van der Waals surface area contributed by atoms with Crippen LogP contribution in [-0.4, -0.2) is 10.9 Å². The lowest BCUT2D eigenvalue weighted by atomic mass is 10.2. The van der Waals surface area contributed by atoms with Crippen LogP contribution in [0.1, 0.15) is 20.2 Å². The van der Waals surface area contributed by atoms with Crippen molar-refractivity contribution in [3.05, 3.63) is 51.7 Å². The summed E-state index contributed by atoms with van der Waals surface area (Å²) in [6.07, 6.45) is 1.75. The van der Waals surface area contributed by atoms with Gasteiger partial charge in [-0.15, -0.1) is 11.3 Å². The number of nitrogens with one attached hydrogen (secondary N) is 1. The van der Waals surface area contributed by atoms with Gasteiger partial charge in [-0.05, 0) is 19.1 Å². The number of rotatable bonds is 3. The van der Waals surface area contributed by atoms with E-state index in [1.165, 1.54) is 23.5 Å². The van der Waals surface area contributed by atoms with Crippen LogP contribution in [0.5, 0.6) is 0 Å². The van der Waals surface area contributed by atoms with E-state index >= 15 is 0 Å². The minimum absolute atomic E-state index is 0.0563. The third-order valence-electron chi connectivity index (χ3n) is 2.19. The smallest absolute Gasteiger partial charge is 0.254 e. The Labute approximate surface area is 102 Å². The van der Waals surface area contributed by atoms with E-state index in [0.717, 1.165) is 9.88 Å². The van der Waals surface area contributed by atoms with Crippen molar-refractivity contribution in [3.63, 3.8) is 0 Å². The van der Waals surface area contributed by atoms with E-state index in [2.05, 4.69) is 10.3 Å². The Morgan fingerprint density at radius 3 is 2.88 bits per heavy atom. The average molecular weight is 250 g/mol. The molecule has 0 saturated carbocycles. The molecule has 17 heavy (non-hydrogen) atoms. The van der Waals surface area contributed by atoms with Crippen molar-refractivity contribution < 1.29 is 9.18 Å². The molecule has 0 bridgehead atoms. The number of aromatic nitrogens is 1. The molecule has 0 aliphatic rings. The van der Waals surface area contributed by atoms with Crippen LogP contribution in [0.4, 0.5) is 4.39 Å². The Balaban J connectivity index is 2.01. The topological polar surface area (TPSA) is 42.0 Å². The highest BCUT2D eigenvalue weighted by molar-refractivity contribution is 7.11. The highest BCUT2D eigenvalue weighted by atomic mass is 32.1. The maximum Gasteiger partial charge on any atom is 0.254 e. The minimum Gasteiger partial charge on any atom is -0.345 e. The summed E-state index contributed by atoms with van der Waals surface area (Å²) in [4.78, 5) is 16.9. The Morgan fingerprint density at radius 1 is 1.47 bits per heavy atom. The van der Waals surface area contributed by atoms with E-state index in [4.69, 9.17) is 0 Å². The standard InChI is InChI=1S/C12H11FN2OS/c1-8-6-14-11(17-8)7-15-12(16)9-4-2-3-5-10(9)13/h2-6H,7H2,1H3,(H,15,16). The van der Waals surface area contributed by atoms with Gasteiger partial charge in [-0.2, -0.15) is 0 Å². The highest BCUT2D eigenvalue weighted by Gasteiger charge is 2.10. The van der Waals surface area contributed by atoms with Gasteiger partial charge in [0.05, 0.1) is 12.1 Å². The van der Waals surface area contributed by atoms with Crippen molar-refractivity contribution in [2.75, 3.05) is 0 Å². The molecule has 1 heterocycles. The van der Waals surface area contributed by atoms with Crippen molar-refractivity contribution in [2.24, 2.45) is 0 Å². The lowest BCUT2D eigenvalue weighted by molar-refractivity contribution is 0.0947. The van der Waals surface area contributed by atoms with Crippen molar-refractivity contribution in [3.8, 4) is 0 Å². The number of aryl methyl sites for hydroxylation is 1. The zero-order chi connectivity index (χ0) is 12.3. The van der Waals surface area contributed by atoms with E-state index in [1.54, 1.807) is 18.3 Å². The Kier molecular flexibility index (Phi) is 3.49. The fourth-order valence-electron chi connectivity index (χ4n) is 1.38. The van der Waals surface area contributed by atoms with Gasteiger partial charge in [0.25, 0.3) is 5.91 Å². The quantitative estimate of drug-likeness (QED) is 0.909. The van der Waals surface area contributed by atoms with Gasteiger partial charge in [-0.1, -0.05) is 12.1 Å². The predicted molar refractivity (Wildman–Crippen MR) is 64.4 cm³/mol. The molecule has 1 amide bonds. The van der Waals surface area contributed by atoms with Crippen LogP contribution in [0.15, 0.2) is 30.5 Å². The zero-order valence-corrected chi connectivity index (χ0v) is 10.1. The second kappa shape index (κ2) is 5.05. The molecule has 0 saturated heterocycles. The second-order valence-electron chi connectivity index (χ2n) is 3.53. The van der Waals surface area contributed by atoms with Crippen LogP contribution in [0.3, 0.4) is 0 Å². The first-order valence-electron chi connectivity index (χ1n) is 5.11. The third kappa shape index (κ3) is 2.88. The number of nitrogens with zero attached hydrogens (tertiary/aromatic N) is 1. The predicted octanol–water partition coefficient (Wildman–Crippen LogP) is 2.52. The molecular formula is C12H11FN2OS. The summed E-state index contributed by atoms with van der Waals surface area (Å²) in [7, 11) is 0. The number of hydrogen-bond acceptors (Lipinski definition) is 3. The molecule has 1 N–H and O–H groups in total. The number of thiazole rings is 1. The van der Waals surface area contributed by atoms with Gasteiger partial charge in [0.2, 0.25) is 0 Å². The second-order valence-corrected chi connectivity index (χ2v) is 4.85. The Morgan fingerprint density at radius 2 is 2.24 bits per heavy atom. The zero-order valence-electron chi connectivity index (χ0n) is 9.24. The van der Waals surface area contributed by atoms with Crippen LogP contribution in [-0.2, 0) is 6.54 Å². The molecule has 3 nitrogen and oxygen atoms in total. The van der Waals surface area contributed by atoms with Gasteiger partial charge in [0, 0.05) is 11.1 Å². The highest BCUT2D eigenvalue weighted by Crippen LogP contribution is 2.11. The number of halogens is 1. The van der Waals surface area contributed by atoms with Crippen LogP contribution >= 0.6 is 11.3 Å². The third-order valence-corrected chi connectivity index (χ3v) is 3.10. The molecule has 1 aromatic heterocycles. The van der Waals surface area contributed by atoms with Crippen LogP contribution in [0.25, 0.3) is 0 Å². The summed E-state index contributed by atoms with van der Waals surface area (Å²) >= 11 is 1.51. The lowest BCUT2D eigenvalue weighted by Crippen LogP contribution is -2.23. The van der Waals surface area contributed by atoms with E-state index < -0.39 is 11.7 Å². The number of amides is 1. The molecule has 2 aromatic rings. The van der Waals surface area contributed by atoms with E-state index in [0.29, 0.717) is 6.54 Å². The molecule has 0 aliphatic carbocycles. The SMILES string of the molecule is Cc1cnc(CNC(=O)c2ccccc2F)s1. The van der Waals surface area contributed by atoms with Crippen molar-refractivity contribution in [1.82, 2.24) is 10.3 Å². The molecule has 5 heteroatoms. The molecular weight excluding hydrogens is 239 g/mol. The van der Waals surface area contributed by atoms with E-state index in [9.17, 15) is 9.18 Å². The van der Waals surface area contributed by atoms with Gasteiger partial charge < -0.3 is 5.32 Å². The molecule has 0 radical (unpaired) electrons. The van der Waals surface area contributed by atoms with Gasteiger partial charge in [0.15, 0.2) is 0 Å². The summed E-state index contributed by atoms with van der Waals surface area (Å²) in [6, 6.07) is 5.90. The molecule has 2 rings (SSSR count). The van der Waals surface area contributed by atoms with Gasteiger partial charge in [0.1, 0.15) is 10.8 Å². The van der Waals surface area contributed by atoms with Crippen molar-refractivity contribution in [2.45, 2.75) is 13.5 Å². The normalized spacial score (nSPS) is 10.2. The summed E-state index contributed by atoms with van der Waals surface area (Å²) in [5, 5.41) is 3.45. The molecule has 0 unspecified atom stereocenters. The maximum absolute atomic E-state index is 13.3.